The van der Waals surface area contributed by atoms with Gasteiger partial charge in [0.15, 0.2) is 0 Å². The van der Waals surface area contributed by atoms with Crippen molar-refractivity contribution >= 4 is 17.2 Å². The van der Waals surface area contributed by atoms with Gasteiger partial charge in [-0.25, -0.2) is 0 Å². The number of nitrogens with zero attached hydrogens (tertiary/aromatic N) is 4. The van der Waals surface area contributed by atoms with E-state index in [1.165, 1.54) is 11.3 Å². The number of nitriles is 1. The van der Waals surface area contributed by atoms with Gasteiger partial charge >= 0.3 is 0 Å². The summed E-state index contributed by atoms with van der Waals surface area (Å²) in [5.74, 6) is 0.914. The first-order valence-electron chi connectivity index (χ1n) is 8.52. The highest BCUT2D eigenvalue weighted by Gasteiger charge is 2.34. The van der Waals surface area contributed by atoms with Crippen molar-refractivity contribution < 1.29 is 13.9 Å². The van der Waals surface area contributed by atoms with Crippen molar-refractivity contribution in [1.82, 2.24) is 15.1 Å². The van der Waals surface area contributed by atoms with Crippen LogP contribution in [0.1, 0.15) is 70.6 Å². The Hall–Kier alpha value is -2.24. The number of carbonyl (C=O) groups is 1. The van der Waals surface area contributed by atoms with Gasteiger partial charge in [0, 0.05) is 13.2 Å². The van der Waals surface area contributed by atoms with Crippen LogP contribution in [0.25, 0.3) is 0 Å². The van der Waals surface area contributed by atoms with Gasteiger partial charge in [0.2, 0.25) is 11.8 Å². The zero-order chi connectivity index (χ0) is 17.2. The van der Waals surface area contributed by atoms with E-state index in [0.29, 0.717) is 28.1 Å². The van der Waals surface area contributed by atoms with Gasteiger partial charge in [0.1, 0.15) is 23.1 Å². The lowest BCUT2D eigenvalue weighted by molar-refractivity contribution is 0.0554. The fraction of sp³-hybridized carbons (Fsp3) is 0.529. The molecule has 2 atom stereocenters. The first-order chi connectivity index (χ1) is 12.3. The molecule has 2 aromatic rings. The maximum Gasteiger partial charge on any atom is 0.264 e. The first kappa shape index (κ1) is 16.2. The quantitative estimate of drug-likeness (QED) is 0.836. The molecule has 0 aliphatic carbocycles. The molecule has 0 radical (unpaired) electrons. The van der Waals surface area contributed by atoms with Gasteiger partial charge in [-0.1, -0.05) is 0 Å². The molecule has 2 fully saturated rings. The van der Waals surface area contributed by atoms with Crippen LogP contribution < -0.4 is 0 Å². The summed E-state index contributed by atoms with van der Waals surface area (Å²) in [7, 11) is 0. The molecule has 4 rings (SSSR count). The van der Waals surface area contributed by atoms with Crippen molar-refractivity contribution in [3.63, 3.8) is 0 Å². The number of aromatic nitrogens is 2. The largest absolute Gasteiger partial charge is 0.420 e. The summed E-state index contributed by atoms with van der Waals surface area (Å²) in [4.78, 5) is 15.8. The maximum absolute atomic E-state index is 12.9. The molecular weight excluding hydrogens is 340 g/mol. The summed E-state index contributed by atoms with van der Waals surface area (Å²) in [5.41, 5.74) is 0. The Bertz CT molecular complexity index is 803. The second-order valence-electron chi connectivity index (χ2n) is 6.27. The number of amides is 1. The molecule has 4 heterocycles. The lowest BCUT2D eigenvalue weighted by Crippen LogP contribution is -2.38. The van der Waals surface area contributed by atoms with Crippen molar-refractivity contribution in [2.75, 3.05) is 13.2 Å². The summed E-state index contributed by atoms with van der Waals surface area (Å²) < 4.78 is 11.5. The van der Waals surface area contributed by atoms with Crippen LogP contribution >= 0.6 is 11.3 Å². The van der Waals surface area contributed by atoms with E-state index in [2.05, 4.69) is 16.3 Å². The molecule has 25 heavy (non-hydrogen) atoms. The lowest BCUT2D eigenvalue weighted by atomic mass is 10.0. The third-order valence-corrected chi connectivity index (χ3v) is 5.61. The number of hydrogen-bond donors (Lipinski definition) is 0. The number of piperidine rings is 1. The number of thiophene rings is 1. The normalized spacial score (nSPS) is 23.6. The van der Waals surface area contributed by atoms with Gasteiger partial charge in [-0.3, -0.25) is 4.79 Å². The van der Waals surface area contributed by atoms with E-state index >= 15 is 0 Å². The van der Waals surface area contributed by atoms with Gasteiger partial charge < -0.3 is 14.1 Å². The molecule has 2 aliphatic heterocycles. The van der Waals surface area contributed by atoms with E-state index in [1.807, 2.05) is 0 Å². The first-order valence-corrected chi connectivity index (χ1v) is 9.33. The molecule has 2 aliphatic rings. The average Bonchev–Trinajstić information content (AvgIpc) is 3.41. The van der Waals surface area contributed by atoms with Gasteiger partial charge in [0.05, 0.1) is 4.88 Å². The second-order valence-corrected chi connectivity index (χ2v) is 7.35. The van der Waals surface area contributed by atoms with Crippen LogP contribution in [0.2, 0.25) is 0 Å². The third-order valence-electron chi connectivity index (χ3n) is 4.64. The van der Waals surface area contributed by atoms with Crippen molar-refractivity contribution in [2.45, 2.75) is 44.2 Å². The van der Waals surface area contributed by atoms with E-state index in [0.717, 1.165) is 38.7 Å². The van der Waals surface area contributed by atoms with Crippen LogP contribution in [-0.2, 0) is 4.74 Å². The molecule has 0 aromatic carbocycles. The Kier molecular flexibility index (Phi) is 4.51. The predicted molar refractivity (Wildman–Crippen MR) is 88.9 cm³/mol. The van der Waals surface area contributed by atoms with Crippen LogP contribution in [0, 0.1) is 11.3 Å². The summed E-state index contributed by atoms with van der Waals surface area (Å²) in [6.07, 6.45) is 4.53. The smallest absolute Gasteiger partial charge is 0.264 e. The Balaban J connectivity index is 1.56. The fourth-order valence-corrected chi connectivity index (χ4v) is 4.13. The molecule has 0 N–H and O–H groups in total. The van der Waals surface area contributed by atoms with Crippen molar-refractivity contribution in [3.8, 4) is 6.07 Å². The molecule has 2 saturated heterocycles. The fourth-order valence-electron chi connectivity index (χ4n) is 3.37. The van der Waals surface area contributed by atoms with Crippen molar-refractivity contribution in [3.05, 3.63) is 33.7 Å². The molecular formula is C17H18N4O3S. The Morgan fingerprint density at radius 3 is 2.88 bits per heavy atom. The molecule has 7 nitrogen and oxygen atoms in total. The van der Waals surface area contributed by atoms with Crippen LogP contribution in [0.15, 0.2) is 16.5 Å². The van der Waals surface area contributed by atoms with Gasteiger partial charge in [-0.05, 0) is 44.2 Å². The molecule has 0 spiro atoms. The van der Waals surface area contributed by atoms with Crippen LogP contribution in [0.3, 0.4) is 0 Å². The number of carbonyl (C=O) groups excluding carboxylic acids is 1. The van der Waals surface area contributed by atoms with E-state index in [1.54, 1.807) is 17.0 Å². The predicted octanol–water partition coefficient (Wildman–Crippen LogP) is 3.22. The highest BCUT2D eigenvalue weighted by molar-refractivity contribution is 7.14. The Labute approximate surface area is 149 Å². The standard InChI is InChI=1S/C17H18N4O3S/c18-10-11-6-7-14(25-11)17(22)21-8-2-1-4-12(21)15-19-20-16(24-15)13-5-3-9-23-13/h6-7,12-13H,1-5,8-9H2/t12?,13-/m1/s1. The van der Waals surface area contributed by atoms with Crippen molar-refractivity contribution in [1.29, 1.82) is 5.26 Å². The SMILES string of the molecule is N#Cc1ccc(C(=O)N2CCCCC2c2nnc([C@H]3CCCO3)o2)s1. The minimum atomic E-state index is -0.212. The van der Waals surface area contributed by atoms with E-state index in [9.17, 15) is 4.79 Å². The van der Waals surface area contributed by atoms with Crippen LogP contribution in [-0.4, -0.2) is 34.2 Å². The molecule has 2 aromatic heterocycles. The lowest BCUT2D eigenvalue weighted by Gasteiger charge is -2.33. The minimum absolute atomic E-state index is 0.0759. The van der Waals surface area contributed by atoms with Crippen LogP contribution in [0.4, 0.5) is 0 Å². The maximum atomic E-state index is 12.9. The monoisotopic (exact) mass is 358 g/mol. The highest BCUT2D eigenvalue weighted by Crippen LogP contribution is 2.34. The molecule has 1 amide bonds. The van der Waals surface area contributed by atoms with Gasteiger partial charge in [0.25, 0.3) is 5.91 Å². The highest BCUT2D eigenvalue weighted by atomic mass is 32.1. The molecule has 1 unspecified atom stereocenters. The number of ether oxygens (including phenoxy) is 1. The molecule has 0 bridgehead atoms. The van der Waals surface area contributed by atoms with E-state index in [4.69, 9.17) is 14.4 Å². The summed E-state index contributed by atoms with van der Waals surface area (Å²) >= 11 is 1.22. The number of rotatable bonds is 3. The average molecular weight is 358 g/mol. The van der Waals surface area contributed by atoms with E-state index < -0.39 is 0 Å². The molecule has 8 heteroatoms. The Morgan fingerprint density at radius 1 is 1.24 bits per heavy atom. The van der Waals surface area contributed by atoms with Gasteiger partial charge in [-0.2, -0.15) is 5.26 Å². The van der Waals surface area contributed by atoms with Gasteiger partial charge in [-0.15, -0.1) is 21.5 Å². The zero-order valence-corrected chi connectivity index (χ0v) is 14.5. The third kappa shape index (κ3) is 3.17. The van der Waals surface area contributed by atoms with Crippen molar-refractivity contribution in [2.24, 2.45) is 0 Å². The summed E-state index contributed by atoms with van der Waals surface area (Å²) in [6, 6.07) is 5.25. The second kappa shape index (κ2) is 6.94. The zero-order valence-electron chi connectivity index (χ0n) is 13.7. The minimum Gasteiger partial charge on any atom is -0.420 e. The molecule has 0 saturated carbocycles. The topological polar surface area (TPSA) is 92.2 Å². The van der Waals surface area contributed by atoms with Crippen LogP contribution in [0.5, 0.6) is 0 Å². The number of likely N-dealkylation sites (tertiary alicyclic amines) is 1. The number of hydrogen-bond acceptors (Lipinski definition) is 7. The Morgan fingerprint density at radius 2 is 2.12 bits per heavy atom. The summed E-state index contributed by atoms with van der Waals surface area (Å²) in [5, 5.41) is 17.3. The molecule has 130 valence electrons. The summed E-state index contributed by atoms with van der Waals surface area (Å²) in [6.45, 7) is 1.37. The van der Waals surface area contributed by atoms with E-state index in [-0.39, 0.29) is 18.1 Å².